The van der Waals surface area contributed by atoms with E-state index in [0.717, 1.165) is 39.1 Å². The molecule has 2 aromatic carbocycles. The first kappa shape index (κ1) is 20.5. The summed E-state index contributed by atoms with van der Waals surface area (Å²) in [5.74, 6) is -0.111. The topological polar surface area (TPSA) is 95.7 Å². The molecule has 0 aliphatic carbocycles. The lowest BCUT2D eigenvalue weighted by Crippen LogP contribution is -2.36. The average molecular weight is 403 g/mol. The lowest BCUT2D eigenvalue weighted by molar-refractivity contribution is -0.117. The van der Waals surface area contributed by atoms with Gasteiger partial charge >= 0.3 is 0 Å². The van der Waals surface area contributed by atoms with Crippen LogP contribution in [0.25, 0.3) is 0 Å². The molecule has 0 bridgehead atoms. The van der Waals surface area contributed by atoms with Gasteiger partial charge in [-0.25, -0.2) is 13.6 Å². The first-order chi connectivity index (χ1) is 13.4. The minimum absolute atomic E-state index is 0.0246. The maximum Gasteiger partial charge on any atom is 0.238 e. The van der Waals surface area contributed by atoms with E-state index >= 15 is 0 Å². The van der Waals surface area contributed by atoms with Crippen LogP contribution in [0.5, 0.6) is 0 Å². The van der Waals surface area contributed by atoms with E-state index in [4.69, 9.17) is 5.14 Å². The summed E-state index contributed by atoms with van der Waals surface area (Å²) in [7, 11) is -3.73. The fourth-order valence-corrected chi connectivity index (χ4v) is 3.83. The van der Waals surface area contributed by atoms with E-state index in [2.05, 4.69) is 39.4 Å². The van der Waals surface area contributed by atoms with Crippen LogP contribution in [0.3, 0.4) is 0 Å². The first-order valence-corrected chi connectivity index (χ1v) is 10.9. The van der Waals surface area contributed by atoms with E-state index in [0.29, 0.717) is 12.2 Å². The monoisotopic (exact) mass is 402 g/mol. The molecule has 3 N–H and O–H groups in total. The molecule has 7 nitrogen and oxygen atoms in total. The van der Waals surface area contributed by atoms with E-state index in [1.165, 1.54) is 17.7 Å². The summed E-state index contributed by atoms with van der Waals surface area (Å²) in [6, 6.07) is 16.3. The van der Waals surface area contributed by atoms with Crippen LogP contribution >= 0.6 is 0 Å². The maximum atomic E-state index is 12.3. The third-order valence-corrected chi connectivity index (χ3v) is 5.69. The van der Waals surface area contributed by atoms with Crippen molar-refractivity contribution >= 4 is 21.6 Å². The van der Waals surface area contributed by atoms with Gasteiger partial charge < -0.3 is 5.32 Å². The van der Waals surface area contributed by atoms with Crippen molar-refractivity contribution in [2.45, 2.75) is 17.9 Å². The zero-order valence-corrected chi connectivity index (χ0v) is 16.6. The second-order valence-corrected chi connectivity index (χ2v) is 8.57. The Morgan fingerprint density at radius 1 is 0.929 bits per heavy atom. The largest absolute Gasteiger partial charge is 0.325 e. The number of nitrogens with two attached hydrogens (primary N) is 1. The number of primary sulfonamides is 1. The molecule has 150 valence electrons. The second kappa shape index (κ2) is 9.29. The maximum absolute atomic E-state index is 12.3. The SMILES string of the molecule is NS(=O)(=O)c1ccc(NC(=O)CN2CCCN(Cc3ccccc3)CC2)cc1. The molecule has 1 heterocycles. The number of amides is 1. The third kappa shape index (κ3) is 6.13. The Kier molecular flexibility index (Phi) is 6.79. The molecule has 1 aliphatic rings. The van der Waals surface area contributed by atoms with Gasteiger partial charge in [-0.05, 0) is 49.3 Å². The van der Waals surface area contributed by atoms with Gasteiger partial charge in [-0.2, -0.15) is 0 Å². The van der Waals surface area contributed by atoms with Crippen LogP contribution in [0.2, 0.25) is 0 Å². The van der Waals surface area contributed by atoms with Crippen LogP contribution in [0.1, 0.15) is 12.0 Å². The molecule has 0 radical (unpaired) electrons. The Balaban J connectivity index is 1.48. The predicted octanol–water partition coefficient (Wildman–Crippen LogP) is 1.48. The molecule has 0 atom stereocenters. The molecule has 3 rings (SSSR count). The highest BCUT2D eigenvalue weighted by atomic mass is 32.2. The number of carbonyl (C=O) groups is 1. The second-order valence-electron chi connectivity index (χ2n) is 7.01. The number of anilines is 1. The molecule has 0 unspecified atom stereocenters. The summed E-state index contributed by atoms with van der Waals surface area (Å²) >= 11 is 0. The Hall–Kier alpha value is -2.26. The summed E-state index contributed by atoms with van der Waals surface area (Å²) < 4.78 is 22.6. The smallest absolute Gasteiger partial charge is 0.238 e. The fourth-order valence-electron chi connectivity index (χ4n) is 3.31. The van der Waals surface area contributed by atoms with Crippen molar-refractivity contribution in [3.63, 3.8) is 0 Å². The minimum atomic E-state index is -3.73. The molecule has 2 aromatic rings. The number of benzene rings is 2. The molecule has 1 amide bonds. The number of hydrogen-bond acceptors (Lipinski definition) is 5. The zero-order chi connectivity index (χ0) is 20.0. The Morgan fingerprint density at radius 3 is 2.25 bits per heavy atom. The number of nitrogens with one attached hydrogen (secondary N) is 1. The summed E-state index contributed by atoms with van der Waals surface area (Å²) in [6.45, 7) is 4.90. The Morgan fingerprint density at radius 2 is 1.57 bits per heavy atom. The quantitative estimate of drug-likeness (QED) is 0.763. The van der Waals surface area contributed by atoms with Crippen LogP contribution in [0.15, 0.2) is 59.5 Å². The van der Waals surface area contributed by atoms with Crippen molar-refractivity contribution in [1.82, 2.24) is 9.80 Å². The molecular formula is C20H26N4O3S. The number of nitrogens with zero attached hydrogens (tertiary/aromatic N) is 2. The molecule has 28 heavy (non-hydrogen) atoms. The molecule has 1 fully saturated rings. The van der Waals surface area contributed by atoms with Crippen LogP contribution in [-0.2, 0) is 21.4 Å². The summed E-state index contributed by atoms with van der Waals surface area (Å²) in [4.78, 5) is 16.9. The molecule has 0 aromatic heterocycles. The molecule has 0 spiro atoms. The molecule has 8 heteroatoms. The van der Waals surface area contributed by atoms with Gasteiger partial charge in [0.05, 0.1) is 11.4 Å². The van der Waals surface area contributed by atoms with Gasteiger partial charge in [0.15, 0.2) is 0 Å². The standard InChI is InChI=1S/C20H26N4O3S/c21-28(26,27)19-9-7-18(8-10-19)22-20(25)16-24-12-4-11-23(13-14-24)15-17-5-2-1-3-6-17/h1-3,5-10H,4,11-16H2,(H,22,25)(H2,21,26,27). The fraction of sp³-hybridized carbons (Fsp3) is 0.350. The Labute approximate surface area is 166 Å². The van der Waals surface area contributed by atoms with Crippen molar-refractivity contribution in [3.8, 4) is 0 Å². The van der Waals surface area contributed by atoms with Crippen LogP contribution in [0.4, 0.5) is 5.69 Å². The van der Waals surface area contributed by atoms with E-state index in [-0.39, 0.29) is 10.8 Å². The highest BCUT2D eigenvalue weighted by molar-refractivity contribution is 7.89. The van der Waals surface area contributed by atoms with Crippen LogP contribution in [-0.4, -0.2) is 56.8 Å². The van der Waals surface area contributed by atoms with Crippen molar-refractivity contribution in [2.24, 2.45) is 5.14 Å². The lowest BCUT2D eigenvalue weighted by atomic mass is 10.2. The normalized spacial score (nSPS) is 16.5. The number of rotatable bonds is 6. The zero-order valence-electron chi connectivity index (χ0n) is 15.8. The molecule has 0 saturated carbocycles. The summed E-state index contributed by atoms with van der Waals surface area (Å²) in [5.41, 5.74) is 1.86. The van der Waals surface area contributed by atoms with Crippen LogP contribution in [0, 0.1) is 0 Å². The minimum Gasteiger partial charge on any atom is -0.325 e. The summed E-state index contributed by atoms with van der Waals surface area (Å²) in [6.07, 6.45) is 1.02. The van der Waals surface area contributed by atoms with Gasteiger partial charge in [0.2, 0.25) is 15.9 Å². The van der Waals surface area contributed by atoms with E-state index < -0.39 is 10.0 Å². The van der Waals surface area contributed by atoms with Gasteiger partial charge in [0, 0.05) is 25.3 Å². The highest BCUT2D eigenvalue weighted by Crippen LogP contribution is 2.13. The third-order valence-electron chi connectivity index (χ3n) is 4.76. The lowest BCUT2D eigenvalue weighted by Gasteiger charge is -2.21. The molecule has 1 saturated heterocycles. The highest BCUT2D eigenvalue weighted by Gasteiger charge is 2.17. The number of carbonyl (C=O) groups excluding carboxylic acids is 1. The van der Waals surface area contributed by atoms with Gasteiger partial charge in [-0.1, -0.05) is 30.3 Å². The van der Waals surface area contributed by atoms with Crippen molar-refractivity contribution in [2.75, 3.05) is 38.0 Å². The van der Waals surface area contributed by atoms with Crippen LogP contribution < -0.4 is 10.5 Å². The number of hydrogen-bond donors (Lipinski definition) is 2. The van der Waals surface area contributed by atoms with Crippen molar-refractivity contribution in [3.05, 3.63) is 60.2 Å². The van der Waals surface area contributed by atoms with Gasteiger partial charge in [0.25, 0.3) is 0 Å². The van der Waals surface area contributed by atoms with Crippen molar-refractivity contribution in [1.29, 1.82) is 0 Å². The molecular weight excluding hydrogens is 376 g/mol. The Bertz CT molecular complexity index is 885. The number of sulfonamides is 1. The predicted molar refractivity (Wildman–Crippen MR) is 109 cm³/mol. The first-order valence-electron chi connectivity index (χ1n) is 9.31. The van der Waals surface area contributed by atoms with Gasteiger partial charge in [-0.15, -0.1) is 0 Å². The van der Waals surface area contributed by atoms with Crippen molar-refractivity contribution < 1.29 is 13.2 Å². The molecule has 1 aliphatic heterocycles. The van der Waals surface area contributed by atoms with E-state index in [1.807, 2.05) is 6.07 Å². The average Bonchev–Trinajstić information content (AvgIpc) is 2.87. The van der Waals surface area contributed by atoms with E-state index in [1.54, 1.807) is 12.1 Å². The summed E-state index contributed by atoms with van der Waals surface area (Å²) in [5, 5.41) is 7.89. The van der Waals surface area contributed by atoms with Gasteiger partial charge in [-0.3, -0.25) is 14.6 Å². The van der Waals surface area contributed by atoms with Gasteiger partial charge in [0.1, 0.15) is 0 Å². The van der Waals surface area contributed by atoms with E-state index in [9.17, 15) is 13.2 Å².